The van der Waals surface area contributed by atoms with Crippen LogP contribution in [-0.4, -0.2) is 88.1 Å². The van der Waals surface area contributed by atoms with Gasteiger partial charge in [-0.15, -0.1) is 0 Å². The molecule has 6 rings (SSSR count). The third-order valence-corrected chi connectivity index (χ3v) is 15.9. The lowest BCUT2D eigenvalue weighted by Gasteiger charge is -2.43. The summed E-state index contributed by atoms with van der Waals surface area (Å²) in [5, 5.41) is 22.9. The highest BCUT2D eigenvalue weighted by Gasteiger charge is 2.50. The molecule has 5 aromatic rings. The van der Waals surface area contributed by atoms with E-state index in [1.54, 1.807) is 0 Å². The number of ether oxygens (including phenoxy) is 1. The number of methoxy groups -OCH3 is 1. The molecule has 2 amide bonds. The first kappa shape index (κ1) is 40.8. The van der Waals surface area contributed by atoms with Gasteiger partial charge in [0.1, 0.15) is 14.7 Å². The molecule has 0 radical (unpaired) electrons. The SMILES string of the molecule is CCC[C@@H](CCO[Si](c1ccccc1)(c1ccccc1)C(C)(C)C)Nc1nc(NC(=O)OC)nc2c(I)nn(Cc3ccc(C4=CCN(C(=O)O)CC4)nc3)c12. The number of hydrogen-bond donors (Lipinski definition) is 3. The summed E-state index contributed by atoms with van der Waals surface area (Å²) in [5.41, 5.74) is 4.06. The third-order valence-electron chi connectivity index (χ3n) is 10.1. The van der Waals surface area contributed by atoms with Crippen LogP contribution in [0.15, 0.2) is 85.1 Å². The van der Waals surface area contributed by atoms with Gasteiger partial charge in [0, 0.05) is 31.9 Å². The number of pyridine rings is 1. The van der Waals surface area contributed by atoms with Crippen molar-refractivity contribution in [3.63, 3.8) is 0 Å². The number of aromatic nitrogens is 5. The quantitative estimate of drug-likeness (QED) is 0.0761. The van der Waals surface area contributed by atoms with E-state index < -0.39 is 20.5 Å². The first-order chi connectivity index (χ1) is 26.9. The van der Waals surface area contributed by atoms with E-state index in [9.17, 15) is 14.7 Å². The monoisotopic (exact) mass is 888 g/mol. The van der Waals surface area contributed by atoms with Gasteiger partial charge >= 0.3 is 12.2 Å². The summed E-state index contributed by atoms with van der Waals surface area (Å²) in [6.07, 6.45) is 5.26. The molecule has 0 bridgehead atoms. The standard InChI is InChI=1S/C41H49IN8O5Si/c1-6-13-30(22-25-55-56(41(2,3)4,31-14-9-7-10-15-31)32-16-11-8-12-17-32)44-37-35-34(45-38(46-37)47-39(51)54-5)36(42)48-50(35)27-28-18-19-33(43-26-28)29-20-23-49(24-21-29)40(52)53/h7-12,14-20,26,30H,6,13,21-25,27H2,1-5H3,(H,52,53)(H2,44,45,46,47,51)/t30-/m0/s1. The number of nitrogens with one attached hydrogen (secondary N) is 2. The summed E-state index contributed by atoms with van der Waals surface area (Å²) in [4.78, 5) is 39.3. The minimum atomic E-state index is -2.74. The van der Waals surface area contributed by atoms with Gasteiger partial charge < -0.3 is 24.5 Å². The van der Waals surface area contributed by atoms with Crippen molar-refractivity contribution < 1.29 is 23.9 Å². The van der Waals surface area contributed by atoms with Gasteiger partial charge in [-0.3, -0.25) is 15.0 Å². The van der Waals surface area contributed by atoms with Crippen LogP contribution < -0.4 is 21.0 Å². The Balaban J connectivity index is 1.29. The van der Waals surface area contributed by atoms with E-state index in [2.05, 4.69) is 114 Å². The van der Waals surface area contributed by atoms with Crippen molar-refractivity contribution in [1.29, 1.82) is 0 Å². The first-order valence-electron chi connectivity index (χ1n) is 18.9. The molecule has 1 aliphatic heterocycles. The van der Waals surface area contributed by atoms with E-state index in [1.165, 1.54) is 22.4 Å². The maximum absolute atomic E-state index is 12.3. The van der Waals surface area contributed by atoms with E-state index in [0.29, 0.717) is 59.6 Å². The number of halogens is 1. The summed E-state index contributed by atoms with van der Waals surface area (Å²) < 4.78 is 14.7. The zero-order chi connectivity index (χ0) is 39.9. The van der Waals surface area contributed by atoms with E-state index in [-0.39, 0.29) is 17.0 Å². The maximum atomic E-state index is 12.3. The Morgan fingerprint density at radius 2 is 1.70 bits per heavy atom. The van der Waals surface area contributed by atoms with Gasteiger partial charge in [0.15, 0.2) is 5.82 Å². The summed E-state index contributed by atoms with van der Waals surface area (Å²) in [5.74, 6) is 0.650. The van der Waals surface area contributed by atoms with E-state index in [0.717, 1.165) is 29.7 Å². The molecule has 0 saturated carbocycles. The average Bonchev–Trinajstić information content (AvgIpc) is 3.51. The second-order valence-corrected chi connectivity index (χ2v) is 20.2. The Kier molecular flexibility index (Phi) is 13.1. The number of fused-ring (bicyclic) bond motifs is 1. The molecule has 3 aromatic heterocycles. The van der Waals surface area contributed by atoms with Crippen LogP contribution in [0.5, 0.6) is 0 Å². The van der Waals surface area contributed by atoms with Crippen molar-refractivity contribution in [2.45, 2.75) is 71.0 Å². The summed E-state index contributed by atoms with van der Waals surface area (Å²) in [7, 11) is -1.44. The lowest BCUT2D eigenvalue weighted by Crippen LogP contribution is -2.66. The van der Waals surface area contributed by atoms with Crippen LogP contribution in [0.4, 0.5) is 21.4 Å². The smallest absolute Gasteiger partial charge is 0.413 e. The second-order valence-electron chi connectivity index (χ2n) is 14.8. The van der Waals surface area contributed by atoms with Crippen molar-refractivity contribution in [3.8, 4) is 0 Å². The molecule has 3 N–H and O–H groups in total. The van der Waals surface area contributed by atoms with Crippen LogP contribution in [-0.2, 0) is 15.7 Å². The van der Waals surface area contributed by atoms with Crippen LogP contribution in [0.3, 0.4) is 0 Å². The summed E-state index contributed by atoms with van der Waals surface area (Å²) >= 11 is 2.16. The molecular formula is C41H49IN8O5Si. The fourth-order valence-corrected chi connectivity index (χ4v) is 12.6. The molecule has 0 fully saturated rings. The van der Waals surface area contributed by atoms with Crippen molar-refractivity contribution in [1.82, 2.24) is 29.6 Å². The van der Waals surface area contributed by atoms with Crippen LogP contribution in [0.1, 0.15) is 64.6 Å². The van der Waals surface area contributed by atoms with Gasteiger partial charge in [-0.25, -0.2) is 14.6 Å². The Bertz CT molecular complexity index is 2120. The molecule has 0 unspecified atom stereocenters. The Morgan fingerprint density at radius 1 is 1.00 bits per heavy atom. The predicted octanol–water partition coefficient (Wildman–Crippen LogP) is 7.37. The summed E-state index contributed by atoms with van der Waals surface area (Å²) in [6.45, 7) is 10.7. The minimum Gasteiger partial charge on any atom is -0.465 e. The van der Waals surface area contributed by atoms with Crippen molar-refractivity contribution in [2.75, 3.05) is 37.4 Å². The maximum Gasteiger partial charge on any atom is 0.413 e. The normalized spacial score (nSPS) is 14.0. The van der Waals surface area contributed by atoms with Gasteiger partial charge in [0.05, 0.1) is 19.3 Å². The lowest BCUT2D eigenvalue weighted by atomic mass is 10.0. The number of amides is 2. The number of nitrogens with zero attached hydrogens (tertiary/aromatic N) is 6. The second kappa shape index (κ2) is 17.9. The molecular weight excluding hydrogens is 839 g/mol. The number of benzene rings is 2. The molecule has 0 saturated heterocycles. The van der Waals surface area contributed by atoms with Crippen LogP contribution in [0, 0.1) is 3.70 Å². The largest absolute Gasteiger partial charge is 0.465 e. The molecule has 2 aromatic carbocycles. The highest BCUT2D eigenvalue weighted by molar-refractivity contribution is 14.1. The van der Waals surface area contributed by atoms with Crippen molar-refractivity contribution >= 4 is 81.8 Å². The third kappa shape index (κ3) is 9.05. The molecule has 13 nitrogen and oxygen atoms in total. The van der Waals surface area contributed by atoms with Crippen molar-refractivity contribution in [3.05, 3.63) is 100 Å². The van der Waals surface area contributed by atoms with Gasteiger partial charge in [-0.05, 0) is 74.5 Å². The number of carboxylic acid groups (broad SMARTS) is 1. The van der Waals surface area contributed by atoms with Crippen molar-refractivity contribution in [2.24, 2.45) is 0 Å². The number of carbonyl (C=O) groups excluding carboxylic acids is 1. The van der Waals surface area contributed by atoms with Gasteiger partial charge in [-0.1, -0.05) is 107 Å². The summed E-state index contributed by atoms with van der Waals surface area (Å²) in [6, 6.07) is 25.2. The average molecular weight is 889 g/mol. The molecule has 294 valence electrons. The Hall–Kier alpha value is -4.87. The molecule has 1 aliphatic rings. The zero-order valence-corrected chi connectivity index (χ0v) is 35.6. The van der Waals surface area contributed by atoms with Crippen LogP contribution in [0.25, 0.3) is 16.6 Å². The van der Waals surface area contributed by atoms with Crippen LogP contribution in [0.2, 0.25) is 5.04 Å². The van der Waals surface area contributed by atoms with E-state index in [1.807, 2.05) is 41.2 Å². The predicted molar refractivity (Wildman–Crippen MR) is 230 cm³/mol. The number of rotatable bonds is 14. The lowest BCUT2D eigenvalue weighted by molar-refractivity contribution is 0.150. The number of anilines is 2. The molecule has 0 aliphatic carbocycles. The highest BCUT2D eigenvalue weighted by Crippen LogP contribution is 2.37. The van der Waals surface area contributed by atoms with E-state index >= 15 is 0 Å². The highest BCUT2D eigenvalue weighted by atomic mass is 127. The fraction of sp³-hybridized carbons (Fsp3) is 0.366. The van der Waals surface area contributed by atoms with E-state index in [4.69, 9.17) is 24.2 Å². The van der Waals surface area contributed by atoms with Gasteiger partial charge in [0.2, 0.25) is 5.95 Å². The molecule has 56 heavy (non-hydrogen) atoms. The zero-order valence-electron chi connectivity index (χ0n) is 32.5. The van der Waals surface area contributed by atoms with Gasteiger partial charge in [-0.2, -0.15) is 10.1 Å². The molecule has 4 heterocycles. The minimum absolute atomic E-state index is 0.0231. The number of carbonyl (C=O) groups is 2. The van der Waals surface area contributed by atoms with Gasteiger partial charge in [0.25, 0.3) is 8.32 Å². The molecule has 1 atom stereocenters. The molecule has 0 spiro atoms. The first-order valence-corrected chi connectivity index (χ1v) is 21.8. The fourth-order valence-electron chi connectivity index (χ4n) is 7.36. The Morgan fingerprint density at radius 3 is 2.25 bits per heavy atom. The topological polar surface area (TPSA) is 157 Å². The van der Waals surface area contributed by atoms with Crippen LogP contribution >= 0.6 is 22.6 Å². The number of hydrogen-bond acceptors (Lipinski definition) is 9. The Labute approximate surface area is 342 Å². The molecule has 15 heteroatoms.